The van der Waals surface area contributed by atoms with Crippen LogP contribution in [0.25, 0.3) is 10.2 Å². The largest absolute Gasteiger partial charge is 0.316 e. The maximum Gasteiger partial charge on any atom is 0.263 e. The van der Waals surface area contributed by atoms with Crippen molar-refractivity contribution >= 4 is 55.6 Å². The van der Waals surface area contributed by atoms with E-state index in [2.05, 4.69) is 32.2 Å². The van der Waals surface area contributed by atoms with Gasteiger partial charge in [-0.3, -0.25) is 14.2 Å². The molecule has 1 aliphatic rings. The second-order valence-electron chi connectivity index (χ2n) is 8.35. The van der Waals surface area contributed by atoms with Crippen molar-refractivity contribution in [3.63, 3.8) is 0 Å². The van der Waals surface area contributed by atoms with Crippen molar-refractivity contribution in [3.05, 3.63) is 37.8 Å². The summed E-state index contributed by atoms with van der Waals surface area (Å²) in [6, 6.07) is 3.76. The molecule has 0 fully saturated rings. The minimum atomic E-state index is -0.214. The number of aromatic nitrogens is 2. The predicted octanol–water partition coefficient (Wildman–Crippen LogP) is 4.90. The van der Waals surface area contributed by atoms with E-state index in [1.54, 1.807) is 27.4 Å². The highest BCUT2D eigenvalue weighted by atomic mass is 32.2. The number of anilines is 1. The zero-order valence-electron chi connectivity index (χ0n) is 17.7. The van der Waals surface area contributed by atoms with Crippen LogP contribution in [0.1, 0.15) is 43.2 Å². The van der Waals surface area contributed by atoms with Gasteiger partial charge >= 0.3 is 0 Å². The lowest BCUT2D eigenvalue weighted by Gasteiger charge is -2.18. The van der Waals surface area contributed by atoms with E-state index in [0.717, 1.165) is 29.5 Å². The van der Waals surface area contributed by atoms with Crippen LogP contribution in [0, 0.1) is 23.2 Å². The van der Waals surface area contributed by atoms with Crippen molar-refractivity contribution in [3.8, 4) is 6.07 Å². The Morgan fingerprint density at radius 2 is 2.29 bits per heavy atom. The molecule has 9 heteroatoms. The van der Waals surface area contributed by atoms with Crippen LogP contribution in [0.5, 0.6) is 0 Å². The standard InChI is InChI=1S/C22H24N4O2S3/c1-12(2)10-26-21(28)18-15-5-4-13(3)8-16(15)31-20(18)25-22(26)30-11-17(27)24-19-14(9-23)6-7-29-19/h6-7,12-13H,4-5,8,10-11H2,1-3H3,(H,24,27). The Hall–Kier alpha value is -2.15. The van der Waals surface area contributed by atoms with Gasteiger partial charge in [0.25, 0.3) is 5.56 Å². The molecule has 0 spiro atoms. The molecular formula is C22H24N4O2S3. The number of hydrogen-bond donors (Lipinski definition) is 1. The minimum absolute atomic E-state index is 0.0127. The van der Waals surface area contributed by atoms with Gasteiger partial charge in [-0.2, -0.15) is 5.26 Å². The molecule has 1 atom stereocenters. The van der Waals surface area contributed by atoms with Gasteiger partial charge in [-0.25, -0.2) is 4.98 Å². The molecule has 0 aromatic carbocycles. The van der Waals surface area contributed by atoms with Crippen molar-refractivity contribution in [2.45, 2.75) is 51.7 Å². The second-order valence-corrected chi connectivity index (χ2v) is 11.3. The lowest BCUT2D eigenvalue weighted by Crippen LogP contribution is -2.26. The van der Waals surface area contributed by atoms with Crippen molar-refractivity contribution < 1.29 is 4.79 Å². The molecule has 6 nitrogen and oxygen atoms in total. The number of aryl methyl sites for hydroxylation is 1. The molecule has 1 N–H and O–H groups in total. The highest BCUT2D eigenvalue weighted by molar-refractivity contribution is 7.99. The van der Waals surface area contributed by atoms with Crippen molar-refractivity contribution in [2.75, 3.05) is 11.1 Å². The number of carbonyl (C=O) groups excluding carboxylic acids is 1. The lowest BCUT2D eigenvalue weighted by atomic mass is 9.89. The number of carbonyl (C=O) groups is 1. The van der Waals surface area contributed by atoms with Gasteiger partial charge in [0.2, 0.25) is 5.91 Å². The number of rotatable bonds is 6. The average Bonchev–Trinajstić information content (AvgIpc) is 3.31. The van der Waals surface area contributed by atoms with E-state index in [4.69, 9.17) is 10.2 Å². The molecule has 1 aliphatic carbocycles. The van der Waals surface area contributed by atoms with Crippen LogP contribution in [0.15, 0.2) is 21.4 Å². The Morgan fingerprint density at radius 1 is 1.48 bits per heavy atom. The number of nitrogens with one attached hydrogen (secondary N) is 1. The molecule has 3 aromatic heterocycles. The number of thioether (sulfide) groups is 1. The van der Waals surface area contributed by atoms with Crippen LogP contribution in [0.3, 0.4) is 0 Å². The van der Waals surface area contributed by atoms with Crippen molar-refractivity contribution in [1.82, 2.24) is 9.55 Å². The maximum atomic E-state index is 13.5. The summed E-state index contributed by atoms with van der Waals surface area (Å²) in [7, 11) is 0. The summed E-state index contributed by atoms with van der Waals surface area (Å²) in [5.74, 6) is 0.824. The smallest absolute Gasteiger partial charge is 0.263 e. The Bertz CT molecular complexity index is 1230. The van der Waals surface area contributed by atoms with E-state index in [1.807, 2.05) is 0 Å². The first-order valence-corrected chi connectivity index (χ1v) is 13.0. The second kappa shape index (κ2) is 9.15. The summed E-state index contributed by atoms with van der Waals surface area (Å²) in [6.07, 6.45) is 3.05. The first-order chi connectivity index (χ1) is 14.9. The van der Waals surface area contributed by atoms with Crippen LogP contribution in [-0.4, -0.2) is 21.2 Å². The molecular weight excluding hydrogens is 448 g/mol. The summed E-state index contributed by atoms with van der Waals surface area (Å²) >= 11 is 4.23. The molecule has 0 aliphatic heterocycles. The fourth-order valence-corrected chi connectivity index (χ4v) is 6.81. The Labute approximate surface area is 193 Å². The summed E-state index contributed by atoms with van der Waals surface area (Å²) in [5.41, 5.74) is 1.65. The van der Waals surface area contributed by atoms with E-state index >= 15 is 0 Å². The maximum absolute atomic E-state index is 13.5. The van der Waals surface area contributed by atoms with Crippen LogP contribution in [0.4, 0.5) is 5.00 Å². The Balaban J connectivity index is 1.64. The van der Waals surface area contributed by atoms with Crippen molar-refractivity contribution in [2.24, 2.45) is 11.8 Å². The molecule has 162 valence electrons. The van der Waals surface area contributed by atoms with Crippen LogP contribution in [-0.2, 0) is 24.2 Å². The van der Waals surface area contributed by atoms with Crippen LogP contribution in [0.2, 0.25) is 0 Å². The summed E-state index contributed by atoms with van der Waals surface area (Å²) in [6.45, 7) is 6.96. The summed E-state index contributed by atoms with van der Waals surface area (Å²) < 4.78 is 1.74. The zero-order chi connectivity index (χ0) is 22.1. The van der Waals surface area contributed by atoms with Gasteiger partial charge in [0, 0.05) is 11.4 Å². The third-order valence-corrected chi connectivity index (χ3v) is 8.25. The Kier molecular flexibility index (Phi) is 6.51. The van der Waals surface area contributed by atoms with Gasteiger partial charge in [0.15, 0.2) is 5.16 Å². The van der Waals surface area contributed by atoms with Crippen LogP contribution >= 0.6 is 34.4 Å². The predicted molar refractivity (Wildman–Crippen MR) is 128 cm³/mol. The fraction of sp³-hybridized carbons (Fsp3) is 0.455. The molecule has 4 rings (SSSR count). The minimum Gasteiger partial charge on any atom is -0.316 e. The first kappa shape index (κ1) is 22.1. The van der Waals surface area contributed by atoms with Crippen molar-refractivity contribution in [1.29, 1.82) is 5.26 Å². The SMILES string of the molecule is CC(C)Cn1c(SCC(=O)Nc2sccc2C#N)nc2sc3c(c2c1=O)CCC(C)C3. The fourth-order valence-electron chi connectivity index (χ4n) is 3.83. The van der Waals surface area contributed by atoms with Gasteiger partial charge < -0.3 is 5.32 Å². The average molecular weight is 473 g/mol. The normalized spacial score (nSPS) is 15.8. The molecule has 0 radical (unpaired) electrons. The lowest BCUT2D eigenvalue weighted by molar-refractivity contribution is -0.113. The monoisotopic (exact) mass is 472 g/mol. The molecule has 1 unspecified atom stereocenters. The number of hydrogen-bond acceptors (Lipinski definition) is 7. The summed E-state index contributed by atoms with van der Waals surface area (Å²) in [4.78, 5) is 32.9. The van der Waals surface area contributed by atoms with Crippen LogP contribution < -0.4 is 10.9 Å². The van der Waals surface area contributed by atoms with E-state index in [-0.39, 0.29) is 23.1 Å². The molecule has 31 heavy (non-hydrogen) atoms. The highest BCUT2D eigenvalue weighted by Crippen LogP contribution is 2.36. The number of fused-ring (bicyclic) bond motifs is 3. The first-order valence-electron chi connectivity index (χ1n) is 10.3. The van der Waals surface area contributed by atoms with E-state index in [9.17, 15) is 9.59 Å². The number of nitrogens with zero attached hydrogens (tertiary/aromatic N) is 3. The third-order valence-electron chi connectivity index (χ3n) is 5.30. The Morgan fingerprint density at radius 3 is 3.03 bits per heavy atom. The zero-order valence-corrected chi connectivity index (χ0v) is 20.2. The third kappa shape index (κ3) is 4.56. The number of nitriles is 1. The number of thiophene rings is 2. The molecule has 1 amide bonds. The molecule has 0 bridgehead atoms. The number of amides is 1. The van der Waals surface area contributed by atoms with Gasteiger partial charge in [-0.05, 0) is 48.1 Å². The van der Waals surface area contributed by atoms with Gasteiger partial charge in [-0.15, -0.1) is 22.7 Å². The molecule has 3 aromatic rings. The van der Waals surface area contributed by atoms with E-state index in [1.165, 1.54) is 33.5 Å². The highest BCUT2D eigenvalue weighted by Gasteiger charge is 2.25. The van der Waals surface area contributed by atoms with E-state index < -0.39 is 0 Å². The molecule has 0 saturated carbocycles. The summed E-state index contributed by atoms with van der Waals surface area (Å²) in [5, 5.41) is 15.6. The van der Waals surface area contributed by atoms with Gasteiger partial charge in [-0.1, -0.05) is 32.5 Å². The topological polar surface area (TPSA) is 87.8 Å². The molecule has 3 heterocycles. The van der Waals surface area contributed by atoms with Gasteiger partial charge in [0.1, 0.15) is 15.9 Å². The molecule has 0 saturated heterocycles. The quantitative estimate of drug-likeness (QED) is 0.407. The van der Waals surface area contributed by atoms with E-state index in [0.29, 0.717) is 28.2 Å². The van der Waals surface area contributed by atoms with Gasteiger partial charge in [0.05, 0.1) is 16.7 Å².